The molecule has 2 aliphatic rings. The van der Waals surface area contributed by atoms with Gasteiger partial charge in [0.2, 0.25) is 0 Å². The van der Waals surface area contributed by atoms with Crippen LogP contribution in [0, 0.1) is 6.92 Å². The Morgan fingerprint density at radius 3 is 2.52 bits per heavy atom. The number of fused-ring (bicyclic) bond motifs is 1. The first-order valence-corrected chi connectivity index (χ1v) is 10.8. The number of rotatable bonds is 5. The number of carbonyl (C=O) groups excluding carboxylic acids is 2. The van der Waals surface area contributed by atoms with Crippen LogP contribution in [-0.2, 0) is 20.7 Å². The predicted molar refractivity (Wildman–Crippen MR) is 121 cm³/mol. The molecule has 2 N–H and O–H groups in total. The zero-order valence-corrected chi connectivity index (χ0v) is 18.2. The Morgan fingerprint density at radius 1 is 1.03 bits per heavy atom. The summed E-state index contributed by atoms with van der Waals surface area (Å²) >= 11 is 0. The largest absolute Gasteiger partial charge is 0.379 e. The minimum atomic E-state index is -0.653. The summed E-state index contributed by atoms with van der Waals surface area (Å²) in [5, 5.41) is 5.50. The Morgan fingerprint density at radius 2 is 1.77 bits per heavy atom. The van der Waals surface area contributed by atoms with Crippen molar-refractivity contribution in [2.75, 3.05) is 56.7 Å². The molecular formula is C24H30N4O3. The monoisotopic (exact) mass is 422 g/mol. The zero-order chi connectivity index (χ0) is 21.8. The molecule has 0 spiro atoms. The molecule has 2 aromatic rings. The van der Waals surface area contributed by atoms with Crippen LogP contribution in [0.15, 0.2) is 42.5 Å². The Balaban J connectivity index is 1.44. The van der Waals surface area contributed by atoms with Gasteiger partial charge in [-0.25, -0.2) is 0 Å². The van der Waals surface area contributed by atoms with Gasteiger partial charge in [-0.05, 0) is 42.7 Å². The van der Waals surface area contributed by atoms with Crippen molar-refractivity contribution in [2.45, 2.75) is 19.4 Å². The lowest BCUT2D eigenvalue weighted by Gasteiger charge is -2.35. The van der Waals surface area contributed by atoms with Crippen molar-refractivity contribution < 1.29 is 14.3 Å². The van der Waals surface area contributed by atoms with Crippen LogP contribution in [0.25, 0.3) is 0 Å². The molecule has 4 rings (SSSR count). The third-order valence-corrected chi connectivity index (χ3v) is 6.07. The third kappa shape index (κ3) is 5.06. The second kappa shape index (κ2) is 9.49. The number of benzene rings is 2. The molecule has 2 aliphatic heterocycles. The Bertz CT molecular complexity index is 938. The maximum absolute atomic E-state index is 12.5. The SMILES string of the molecule is Cc1ccc(NC(=O)C(=O)NC[C@H](c2ccc3c(c2)CCN3C)N2CCOCC2)cc1. The Kier molecular flexibility index (Phi) is 6.53. The number of morpholine rings is 1. The van der Waals surface area contributed by atoms with Gasteiger partial charge in [-0.3, -0.25) is 14.5 Å². The van der Waals surface area contributed by atoms with Crippen molar-refractivity contribution in [1.82, 2.24) is 10.2 Å². The van der Waals surface area contributed by atoms with E-state index in [1.54, 1.807) is 12.1 Å². The number of hydrogen-bond acceptors (Lipinski definition) is 5. The van der Waals surface area contributed by atoms with Gasteiger partial charge in [-0.2, -0.15) is 0 Å². The molecule has 31 heavy (non-hydrogen) atoms. The minimum Gasteiger partial charge on any atom is -0.379 e. The molecule has 0 radical (unpaired) electrons. The highest BCUT2D eigenvalue weighted by Crippen LogP contribution is 2.31. The molecule has 2 heterocycles. The van der Waals surface area contributed by atoms with E-state index in [1.165, 1.54) is 11.3 Å². The Hall–Kier alpha value is -2.90. The van der Waals surface area contributed by atoms with E-state index in [-0.39, 0.29) is 6.04 Å². The Labute approximate surface area is 183 Å². The maximum Gasteiger partial charge on any atom is 0.313 e. The fourth-order valence-electron chi connectivity index (χ4n) is 4.24. The van der Waals surface area contributed by atoms with Gasteiger partial charge in [0, 0.05) is 44.6 Å². The van der Waals surface area contributed by atoms with Gasteiger partial charge in [0.15, 0.2) is 0 Å². The highest BCUT2D eigenvalue weighted by molar-refractivity contribution is 6.39. The van der Waals surface area contributed by atoms with E-state index in [0.29, 0.717) is 25.4 Å². The number of nitrogens with zero attached hydrogens (tertiary/aromatic N) is 2. The molecule has 2 amide bonds. The van der Waals surface area contributed by atoms with E-state index in [9.17, 15) is 9.59 Å². The number of likely N-dealkylation sites (N-methyl/N-ethyl adjacent to an activating group) is 1. The molecule has 1 atom stereocenters. The summed E-state index contributed by atoms with van der Waals surface area (Å²) in [6, 6.07) is 13.9. The number of anilines is 2. The van der Waals surface area contributed by atoms with Crippen LogP contribution >= 0.6 is 0 Å². The van der Waals surface area contributed by atoms with Crippen LogP contribution in [0.1, 0.15) is 22.7 Å². The first-order chi connectivity index (χ1) is 15.0. The lowest BCUT2D eigenvalue weighted by Crippen LogP contribution is -2.45. The second-order valence-corrected chi connectivity index (χ2v) is 8.25. The molecule has 1 fully saturated rings. The highest BCUT2D eigenvalue weighted by Gasteiger charge is 2.26. The van der Waals surface area contributed by atoms with Crippen molar-refractivity contribution in [2.24, 2.45) is 0 Å². The first-order valence-electron chi connectivity index (χ1n) is 10.8. The van der Waals surface area contributed by atoms with Gasteiger partial charge >= 0.3 is 11.8 Å². The second-order valence-electron chi connectivity index (χ2n) is 8.25. The quantitative estimate of drug-likeness (QED) is 0.722. The fraction of sp³-hybridized carbons (Fsp3) is 0.417. The lowest BCUT2D eigenvalue weighted by molar-refractivity contribution is -0.136. The van der Waals surface area contributed by atoms with E-state index in [4.69, 9.17) is 4.74 Å². The smallest absolute Gasteiger partial charge is 0.313 e. The standard InChI is InChI=1S/C24H30N4O3/c1-17-3-6-20(7-4-17)26-24(30)23(29)25-16-22(28-11-13-31-14-12-28)18-5-8-21-19(15-18)9-10-27(21)2/h3-8,15,22H,9-14,16H2,1-2H3,(H,25,29)(H,26,30)/t22-/m1/s1. The van der Waals surface area contributed by atoms with E-state index in [2.05, 4.69) is 45.7 Å². The number of carbonyl (C=O) groups is 2. The molecule has 7 nitrogen and oxygen atoms in total. The third-order valence-electron chi connectivity index (χ3n) is 6.07. The van der Waals surface area contributed by atoms with Crippen LogP contribution in [0.2, 0.25) is 0 Å². The molecule has 0 unspecified atom stereocenters. The molecule has 1 saturated heterocycles. The van der Waals surface area contributed by atoms with Crippen LogP contribution in [-0.4, -0.2) is 63.2 Å². The summed E-state index contributed by atoms with van der Waals surface area (Å²) in [6.07, 6.45) is 1.03. The molecule has 0 saturated carbocycles. The summed E-state index contributed by atoms with van der Waals surface area (Å²) in [6.45, 7) is 6.31. The summed E-state index contributed by atoms with van der Waals surface area (Å²) in [5.74, 6) is -1.28. The van der Waals surface area contributed by atoms with E-state index in [0.717, 1.165) is 37.2 Å². The van der Waals surface area contributed by atoms with Gasteiger partial charge in [-0.15, -0.1) is 0 Å². The maximum atomic E-state index is 12.5. The van der Waals surface area contributed by atoms with Gasteiger partial charge in [-0.1, -0.05) is 29.8 Å². The van der Waals surface area contributed by atoms with Gasteiger partial charge in [0.1, 0.15) is 0 Å². The predicted octanol–water partition coefficient (Wildman–Crippen LogP) is 2.12. The molecule has 0 aromatic heterocycles. The van der Waals surface area contributed by atoms with Crippen molar-refractivity contribution in [1.29, 1.82) is 0 Å². The van der Waals surface area contributed by atoms with Crippen molar-refractivity contribution in [3.05, 3.63) is 59.2 Å². The average Bonchev–Trinajstić information content (AvgIpc) is 3.16. The van der Waals surface area contributed by atoms with Crippen LogP contribution in [0.3, 0.4) is 0 Å². The molecule has 164 valence electrons. The molecule has 0 bridgehead atoms. The van der Waals surface area contributed by atoms with E-state index in [1.807, 2.05) is 19.1 Å². The summed E-state index contributed by atoms with van der Waals surface area (Å²) in [4.78, 5) is 29.4. The number of amides is 2. The van der Waals surface area contributed by atoms with Gasteiger partial charge in [0.25, 0.3) is 0 Å². The van der Waals surface area contributed by atoms with Crippen LogP contribution < -0.4 is 15.5 Å². The van der Waals surface area contributed by atoms with Crippen LogP contribution in [0.5, 0.6) is 0 Å². The molecule has 2 aromatic carbocycles. The molecular weight excluding hydrogens is 392 g/mol. The zero-order valence-electron chi connectivity index (χ0n) is 18.2. The number of aryl methyl sites for hydroxylation is 1. The van der Waals surface area contributed by atoms with Gasteiger partial charge < -0.3 is 20.3 Å². The number of ether oxygens (including phenoxy) is 1. The molecule has 7 heteroatoms. The van der Waals surface area contributed by atoms with Gasteiger partial charge in [0.05, 0.1) is 19.3 Å². The summed E-state index contributed by atoms with van der Waals surface area (Å²) < 4.78 is 5.51. The topological polar surface area (TPSA) is 73.9 Å². The lowest BCUT2D eigenvalue weighted by atomic mass is 10.0. The first kappa shape index (κ1) is 21.3. The van der Waals surface area contributed by atoms with Crippen LogP contribution in [0.4, 0.5) is 11.4 Å². The fourth-order valence-corrected chi connectivity index (χ4v) is 4.24. The number of nitrogens with one attached hydrogen (secondary N) is 2. The molecule has 0 aliphatic carbocycles. The van der Waals surface area contributed by atoms with Crippen molar-refractivity contribution in [3.8, 4) is 0 Å². The number of hydrogen-bond donors (Lipinski definition) is 2. The summed E-state index contributed by atoms with van der Waals surface area (Å²) in [7, 11) is 2.11. The highest BCUT2D eigenvalue weighted by atomic mass is 16.5. The van der Waals surface area contributed by atoms with Crippen molar-refractivity contribution in [3.63, 3.8) is 0 Å². The van der Waals surface area contributed by atoms with E-state index >= 15 is 0 Å². The average molecular weight is 423 g/mol. The minimum absolute atomic E-state index is 0.00349. The van der Waals surface area contributed by atoms with E-state index < -0.39 is 11.8 Å². The van der Waals surface area contributed by atoms with Crippen molar-refractivity contribution >= 4 is 23.2 Å². The summed E-state index contributed by atoms with van der Waals surface area (Å²) in [5.41, 5.74) is 5.47. The normalized spacial score (nSPS) is 17.2.